The Labute approximate surface area is 154 Å². The molecule has 0 bridgehead atoms. The molecule has 0 aromatic rings. The summed E-state index contributed by atoms with van der Waals surface area (Å²) in [5.41, 5.74) is 0. The molecular weight excluding hydrogens is 312 g/mol. The number of hydrogen-bond acceptors (Lipinski definition) is 2. The van der Waals surface area contributed by atoms with Crippen molar-refractivity contribution in [2.45, 2.75) is 123 Å². The molecule has 0 radical (unpaired) electrons. The summed E-state index contributed by atoms with van der Waals surface area (Å²) in [6, 6.07) is 2.35. The average molecular weight is 359 g/mol. The van der Waals surface area contributed by atoms with Crippen LogP contribution in [0.15, 0.2) is 0 Å². The van der Waals surface area contributed by atoms with E-state index in [4.69, 9.17) is 8.85 Å². The van der Waals surface area contributed by atoms with Gasteiger partial charge < -0.3 is 8.85 Å². The summed E-state index contributed by atoms with van der Waals surface area (Å²) >= 11 is 0. The molecule has 0 aromatic carbocycles. The van der Waals surface area contributed by atoms with Crippen molar-refractivity contribution in [2.75, 3.05) is 13.2 Å². The lowest BCUT2D eigenvalue weighted by Crippen LogP contribution is -2.42. The minimum Gasteiger partial charge on any atom is -0.394 e. The largest absolute Gasteiger partial charge is 0.394 e. The standard InChI is InChI=1S/C21H46O2Si/c1-5-9-10-11-12-13-14-15-16-17-18-19-21-24(20-6-2,22-7-3)23-8-4/h5-21H2,1-4H3. The average Bonchev–Trinajstić information content (AvgIpc) is 2.56. The lowest BCUT2D eigenvalue weighted by Gasteiger charge is -2.29. The molecule has 24 heavy (non-hydrogen) atoms. The van der Waals surface area contributed by atoms with Gasteiger partial charge in [-0.1, -0.05) is 97.3 Å². The van der Waals surface area contributed by atoms with Gasteiger partial charge in [-0.2, -0.15) is 0 Å². The Morgan fingerprint density at radius 1 is 0.458 bits per heavy atom. The first-order valence-corrected chi connectivity index (χ1v) is 13.3. The maximum atomic E-state index is 6.13. The first-order valence-electron chi connectivity index (χ1n) is 11.0. The normalized spacial score (nSPS) is 12.0. The Kier molecular flexibility index (Phi) is 18.0. The second-order valence-corrected chi connectivity index (χ2v) is 10.6. The van der Waals surface area contributed by atoms with Gasteiger partial charge in [0.15, 0.2) is 0 Å². The fourth-order valence-electron chi connectivity index (χ4n) is 3.60. The van der Waals surface area contributed by atoms with E-state index >= 15 is 0 Å². The lowest BCUT2D eigenvalue weighted by atomic mass is 10.1. The molecule has 0 aliphatic carbocycles. The summed E-state index contributed by atoms with van der Waals surface area (Å²) in [4.78, 5) is 0. The second-order valence-electron chi connectivity index (χ2n) is 7.17. The van der Waals surface area contributed by atoms with E-state index < -0.39 is 8.56 Å². The van der Waals surface area contributed by atoms with Crippen LogP contribution in [-0.2, 0) is 8.85 Å². The van der Waals surface area contributed by atoms with Crippen molar-refractivity contribution < 1.29 is 8.85 Å². The lowest BCUT2D eigenvalue weighted by molar-refractivity contribution is 0.181. The van der Waals surface area contributed by atoms with Crippen LogP contribution in [-0.4, -0.2) is 21.8 Å². The van der Waals surface area contributed by atoms with Crippen molar-refractivity contribution in [3.05, 3.63) is 0 Å². The van der Waals surface area contributed by atoms with E-state index in [-0.39, 0.29) is 0 Å². The van der Waals surface area contributed by atoms with Gasteiger partial charge in [0.05, 0.1) is 0 Å². The van der Waals surface area contributed by atoms with Crippen LogP contribution in [0.1, 0.15) is 111 Å². The summed E-state index contributed by atoms with van der Waals surface area (Å²) in [7, 11) is -1.89. The summed E-state index contributed by atoms with van der Waals surface area (Å²) in [5, 5.41) is 0. The van der Waals surface area contributed by atoms with Gasteiger partial charge in [-0.25, -0.2) is 0 Å². The molecule has 0 aromatic heterocycles. The van der Waals surface area contributed by atoms with Crippen molar-refractivity contribution in [1.82, 2.24) is 0 Å². The number of rotatable bonds is 19. The molecule has 0 atom stereocenters. The van der Waals surface area contributed by atoms with Gasteiger partial charge in [0.2, 0.25) is 0 Å². The van der Waals surface area contributed by atoms with Crippen molar-refractivity contribution in [2.24, 2.45) is 0 Å². The SMILES string of the molecule is CCCCCCCCCCCCCC[Si](CCC)(OCC)OCC. The molecule has 0 rings (SSSR count). The molecule has 0 unspecified atom stereocenters. The first-order chi connectivity index (χ1) is 11.7. The Balaban J connectivity index is 3.60. The zero-order valence-corrected chi connectivity index (χ0v) is 18.3. The molecule has 0 aliphatic heterocycles. The zero-order valence-electron chi connectivity index (χ0n) is 17.3. The molecular formula is C21H46O2Si. The molecule has 0 N–H and O–H groups in total. The monoisotopic (exact) mass is 358 g/mol. The number of hydrogen-bond donors (Lipinski definition) is 0. The Bertz CT molecular complexity index is 229. The van der Waals surface area contributed by atoms with E-state index in [0.717, 1.165) is 19.3 Å². The third-order valence-corrected chi connectivity index (χ3v) is 8.86. The molecule has 0 saturated carbocycles. The predicted molar refractivity (Wildman–Crippen MR) is 110 cm³/mol. The van der Waals surface area contributed by atoms with E-state index in [9.17, 15) is 0 Å². The third-order valence-electron chi connectivity index (χ3n) is 4.86. The Hall–Kier alpha value is 0.137. The van der Waals surface area contributed by atoms with Crippen LogP contribution in [0.3, 0.4) is 0 Å². The molecule has 146 valence electrons. The van der Waals surface area contributed by atoms with Gasteiger partial charge in [-0.15, -0.1) is 0 Å². The third kappa shape index (κ3) is 13.4. The van der Waals surface area contributed by atoms with E-state index in [0.29, 0.717) is 0 Å². The minimum atomic E-state index is -1.89. The number of unbranched alkanes of at least 4 members (excludes halogenated alkanes) is 11. The molecule has 2 nitrogen and oxygen atoms in total. The minimum absolute atomic E-state index is 0.810. The maximum absolute atomic E-state index is 6.13. The van der Waals surface area contributed by atoms with Gasteiger partial charge >= 0.3 is 8.56 Å². The van der Waals surface area contributed by atoms with E-state index in [1.807, 2.05) is 0 Å². The molecule has 0 amide bonds. The van der Waals surface area contributed by atoms with Crippen LogP contribution < -0.4 is 0 Å². The van der Waals surface area contributed by atoms with Crippen LogP contribution in [0.4, 0.5) is 0 Å². The summed E-state index contributed by atoms with van der Waals surface area (Å²) < 4.78 is 12.3. The van der Waals surface area contributed by atoms with Gasteiger partial charge in [0, 0.05) is 13.2 Å². The highest BCUT2D eigenvalue weighted by atomic mass is 28.4. The van der Waals surface area contributed by atoms with E-state index in [1.165, 1.54) is 89.5 Å². The van der Waals surface area contributed by atoms with Crippen molar-refractivity contribution in [3.63, 3.8) is 0 Å². The van der Waals surface area contributed by atoms with Gasteiger partial charge in [-0.05, 0) is 25.9 Å². The van der Waals surface area contributed by atoms with E-state index in [2.05, 4.69) is 27.7 Å². The fraction of sp³-hybridized carbons (Fsp3) is 1.00. The van der Waals surface area contributed by atoms with Crippen LogP contribution in [0.25, 0.3) is 0 Å². The van der Waals surface area contributed by atoms with Crippen molar-refractivity contribution in [3.8, 4) is 0 Å². The highest BCUT2D eigenvalue weighted by molar-refractivity contribution is 6.67. The quantitative estimate of drug-likeness (QED) is 0.175. The summed E-state index contributed by atoms with van der Waals surface area (Å²) in [6.45, 7) is 10.4. The smallest absolute Gasteiger partial charge is 0.338 e. The fourth-order valence-corrected chi connectivity index (χ4v) is 7.11. The first kappa shape index (κ1) is 24.1. The molecule has 0 saturated heterocycles. The summed E-state index contributed by atoms with van der Waals surface area (Å²) in [6.07, 6.45) is 18.1. The zero-order chi connectivity index (χ0) is 17.9. The van der Waals surface area contributed by atoms with Crippen LogP contribution >= 0.6 is 0 Å². The molecule has 3 heteroatoms. The molecule has 0 heterocycles. The predicted octanol–water partition coefficient (Wildman–Crippen LogP) is 7.61. The second kappa shape index (κ2) is 17.9. The molecule has 0 fully saturated rings. The van der Waals surface area contributed by atoms with Crippen LogP contribution in [0.5, 0.6) is 0 Å². The van der Waals surface area contributed by atoms with Gasteiger partial charge in [-0.3, -0.25) is 0 Å². The summed E-state index contributed by atoms with van der Waals surface area (Å²) in [5.74, 6) is 0. The molecule has 0 spiro atoms. The molecule has 0 aliphatic rings. The van der Waals surface area contributed by atoms with Crippen molar-refractivity contribution in [1.29, 1.82) is 0 Å². The van der Waals surface area contributed by atoms with Crippen LogP contribution in [0.2, 0.25) is 12.1 Å². The maximum Gasteiger partial charge on any atom is 0.338 e. The van der Waals surface area contributed by atoms with Crippen LogP contribution in [0, 0.1) is 0 Å². The van der Waals surface area contributed by atoms with Crippen molar-refractivity contribution >= 4 is 8.56 Å². The Morgan fingerprint density at radius 2 is 0.875 bits per heavy atom. The Morgan fingerprint density at radius 3 is 1.25 bits per heavy atom. The highest BCUT2D eigenvalue weighted by Crippen LogP contribution is 2.24. The topological polar surface area (TPSA) is 18.5 Å². The van der Waals surface area contributed by atoms with Gasteiger partial charge in [0.25, 0.3) is 0 Å². The van der Waals surface area contributed by atoms with E-state index in [1.54, 1.807) is 0 Å². The van der Waals surface area contributed by atoms with Gasteiger partial charge in [0.1, 0.15) is 0 Å². The highest BCUT2D eigenvalue weighted by Gasteiger charge is 2.35.